The van der Waals surface area contributed by atoms with Gasteiger partial charge in [-0.3, -0.25) is 4.98 Å². The molecule has 1 rings (SSSR count). The first-order valence-corrected chi connectivity index (χ1v) is 4.10. The van der Waals surface area contributed by atoms with Crippen LogP contribution in [0.1, 0.15) is 17.1 Å². The summed E-state index contributed by atoms with van der Waals surface area (Å²) >= 11 is 5.53. The van der Waals surface area contributed by atoms with Gasteiger partial charge in [0.1, 0.15) is 6.07 Å². The van der Waals surface area contributed by atoms with E-state index in [2.05, 4.69) is 9.97 Å². The summed E-state index contributed by atoms with van der Waals surface area (Å²) in [4.78, 5) is 8.10. The van der Waals surface area contributed by atoms with Crippen LogP contribution in [0.2, 0.25) is 0 Å². The van der Waals surface area contributed by atoms with Crippen LogP contribution in [-0.4, -0.2) is 15.8 Å². The van der Waals surface area contributed by atoms with E-state index in [1.807, 2.05) is 6.07 Å². The first kappa shape index (κ1) is 8.95. The molecule has 0 unspecified atom stereocenters. The highest BCUT2D eigenvalue weighted by Gasteiger charge is 2.03. The predicted molar refractivity (Wildman–Crippen MR) is 45.9 cm³/mol. The molecule has 3 nitrogen and oxygen atoms in total. The van der Waals surface area contributed by atoms with Crippen LogP contribution in [0.4, 0.5) is 0 Å². The molecule has 0 aliphatic heterocycles. The highest BCUT2D eigenvalue weighted by atomic mass is 35.5. The van der Waals surface area contributed by atoms with Gasteiger partial charge in [0, 0.05) is 18.5 Å². The number of nitrogens with zero attached hydrogens (tertiary/aromatic N) is 3. The van der Waals surface area contributed by atoms with E-state index in [-0.39, 0.29) is 0 Å². The number of alkyl halides is 1. The van der Waals surface area contributed by atoms with Crippen molar-refractivity contribution in [2.24, 2.45) is 0 Å². The van der Waals surface area contributed by atoms with Crippen LogP contribution in [0, 0.1) is 18.3 Å². The lowest BCUT2D eigenvalue weighted by Gasteiger charge is -1.99. The predicted octanol–water partition coefficient (Wildman–Crippen LogP) is 1.44. The third-order valence-electron chi connectivity index (χ3n) is 1.41. The molecule has 0 fully saturated rings. The van der Waals surface area contributed by atoms with Crippen molar-refractivity contribution in [3.63, 3.8) is 0 Å². The minimum atomic E-state index is 0.385. The van der Waals surface area contributed by atoms with Crippen molar-refractivity contribution >= 4 is 11.6 Å². The fraction of sp³-hybridized carbons (Fsp3) is 0.375. The van der Waals surface area contributed by atoms with E-state index in [0.717, 1.165) is 5.69 Å². The number of nitriles is 1. The molecule has 0 atom stereocenters. The number of halogens is 1. The maximum absolute atomic E-state index is 8.67. The normalized spacial score (nSPS) is 9.42. The summed E-state index contributed by atoms with van der Waals surface area (Å²) in [5.74, 6) is 0.465. The van der Waals surface area contributed by atoms with Crippen LogP contribution in [0.5, 0.6) is 0 Å². The summed E-state index contributed by atoms with van der Waals surface area (Å²) in [6.45, 7) is 1.80. The third-order valence-corrected chi connectivity index (χ3v) is 1.59. The largest absolute Gasteiger partial charge is 0.256 e. The Bertz CT molecular complexity index is 317. The number of hydrogen-bond acceptors (Lipinski definition) is 3. The zero-order valence-electron chi connectivity index (χ0n) is 6.71. The van der Waals surface area contributed by atoms with Gasteiger partial charge in [0.15, 0.2) is 5.69 Å². The molecule has 0 N–H and O–H groups in total. The lowest BCUT2D eigenvalue weighted by Crippen LogP contribution is -2.00. The minimum absolute atomic E-state index is 0.385. The van der Waals surface area contributed by atoms with E-state index in [1.165, 1.54) is 0 Å². The second-order valence-electron chi connectivity index (χ2n) is 2.36. The van der Waals surface area contributed by atoms with Gasteiger partial charge < -0.3 is 0 Å². The Morgan fingerprint density at radius 1 is 1.67 bits per heavy atom. The van der Waals surface area contributed by atoms with Gasteiger partial charge in [0.05, 0.1) is 11.4 Å². The van der Waals surface area contributed by atoms with Crippen molar-refractivity contribution in [2.45, 2.75) is 13.3 Å². The van der Waals surface area contributed by atoms with Gasteiger partial charge in [-0.15, -0.1) is 11.6 Å². The third kappa shape index (κ3) is 1.93. The summed E-state index contributed by atoms with van der Waals surface area (Å²) in [7, 11) is 0. The fourth-order valence-electron chi connectivity index (χ4n) is 0.864. The van der Waals surface area contributed by atoms with Crippen molar-refractivity contribution in [3.05, 3.63) is 23.3 Å². The second-order valence-corrected chi connectivity index (χ2v) is 2.74. The zero-order valence-corrected chi connectivity index (χ0v) is 7.47. The number of aryl methyl sites for hydroxylation is 2. The van der Waals surface area contributed by atoms with Gasteiger partial charge in [-0.1, -0.05) is 0 Å². The highest BCUT2D eigenvalue weighted by molar-refractivity contribution is 6.17. The first-order valence-electron chi connectivity index (χ1n) is 3.56. The lowest BCUT2D eigenvalue weighted by molar-refractivity contribution is 0.963. The molecular weight excluding hydrogens is 174 g/mol. The van der Waals surface area contributed by atoms with E-state index in [9.17, 15) is 0 Å². The van der Waals surface area contributed by atoms with Crippen molar-refractivity contribution in [1.29, 1.82) is 5.26 Å². The fourth-order valence-corrected chi connectivity index (χ4v) is 1.04. The van der Waals surface area contributed by atoms with E-state index < -0.39 is 0 Å². The smallest absolute Gasteiger partial charge is 0.162 e. The standard InChI is InChI=1S/C8H8ClN3/c1-6-5-11-7(2-3-9)8(4-10)12-6/h5H,2-3H2,1H3. The van der Waals surface area contributed by atoms with Gasteiger partial charge in [0.2, 0.25) is 0 Å². The molecule has 0 amide bonds. The molecule has 12 heavy (non-hydrogen) atoms. The van der Waals surface area contributed by atoms with Gasteiger partial charge in [-0.05, 0) is 6.92 Å². The van der Waals surface area contributed by atoms with Gasteiger partial charge in [-0.2, -0.15) is 5.26 Å². The maximum Gasteiger partial charge on any atom is 0.162 e. The molecule has 0 saturated carbocycles. The lowest BCUT2D eigenvalue weighted by atomic mass is 10.2. The Kier molecular flexibility index (Phi) is 3.01. The van der Waals surface area contributed by atoms with Crippen LogP contribution < -0.4 is 0 Å². The summed E-state index contributed by atoms with van der Waals surface area (Å²) in [6.07, 6.45) is 2.24. The molecule has 1 aromatic rings. The second kappa shape index (κ2) is 4.03. The first-order chi connectivity index (χ1) is 5.77. The quantitative estimate of drug-likeness (QED) is 0.649. The number of rotatable bonds is 2. The summed E-state index contributed by atoms with van der Waals surface area (Å²) < 4.78 is 0. The number of hydrogen-bond donors (Lipinski definition) is 0. The molecule has 0 bridgehead atoms. The average Bonchev–Trinajstić information content (AvgIpc) is 2.08. The Labute approximate surface area is 76.0 Å². The van der Waals surface area contributed by atoms with Gasteiger partial charge in [-0.25, -0.2) is 4.98 Å². The van der Waals surface area contributed by atoms with Crippen LogP contribution >= 0.6 is 11.6 Å². The van der Waals surface area contributed by atoms with Crippen LogP contribution in [-0.2, 0) is 6.42 Å². The topological polar surface area (TPSA) is 49.6 Å². The molecule has 0 aromatic carbocycles. The monoisotopic (exact) mass is 181 g/mol. The van der Waals surface area contributed by atoms with Crippen LogP contribution in [0.15, 0.2) is 6.20 Å². The summed E-state index contributed by atoms with van der Waals surface area (Å²) in [6, 6.07) is 1.99. The van der Waals surface area contributed by atoms with E-state index in [1.54, 1.807) is 13.1 Å². The Morgan fingerprint density at radius 3 is 3.00 bits per heavy atom. The zero-order chi connectivity index (χ0) is 8.97. The maximum atomic E-state index is 8.67. The van der Waals surface area contributed by atoms with Crippen molar-refractivity contribution in [3.8, 4) is 6.07 Å². The molecule has 1 aromatic heterocycles. The Morgan fingerprint density at radius 2 is 2.42 bits per heavy atom. The van der Waals surface area contributed by atoms with Gasteiger partial charge >= 0.3 is 0 Å². The molecule has 0 spiro atoms. The molecular formula is C8H8ClN3. The van der Waals surface area contributed by atoms with E-state index in [4.69, 9.17) is 16.9 Å². The summed E-state index contributed by atoms with van der Waals surface area (Å²) in [5.41, 5.74) is 1.82. The number of aromatic nitrogens is 2. The Balaban J connectivity index is 3.05. The van der Waals surface area contributed by atoms with Crippen molar-refractivity contribution in [1.82, 2.24) is 9.97 Å². The molecule has 4 heteroatoms. The van der Waals surface area contributed by atoms with Gasteiger partial charge in [0.25, 0.3) is 0 Å². The molecule has 0 aliphatic carbocycles. The van der Waals surface area contributed by atoms with E-state index in [0.29, 0.717) is 23.7 Å². The molecule has 0 aliphatic rings. The van der Waals surface area contributed by atoms with Crippen molar-refractivity contribution in [2.75, 3.05) is 5.88 Å². The van der Waals surface area contributed by atoms with Crippen LogP contribution in [0.3, 0.4) is 0 Å². The van der Waals surface area contributed by atoms with E-state index >= 15 is 0 Å². The molecule has 1 heterocycles. The average molecular weight is 182 g/mol. The molecule has 0 saturated heterocycles. The SMILES string of the molecule is Cc1cnc(CCCl)c(C#N)n1. The minimum Gasteiger partial charge on any atom is -0.256 e. The molecule has 62 valence electrons. The van der Waals surface area contributed by atoms with Crippen LogP contribution in [0.25, 0.3) is 0 Å². The summed E-state index contributed by atoms with van der Waals surface area (Å²) in [5, 5.41) is 8.67. The van der Waals surface area contributed by atoms with Crippen molar-refractivity contribution < 1.29 is 0 Å². The Hall–Kier alpha value is -1.14. The highest BCUT2D eigenvalue weighted by Crippen LogP contribution is 2.03. The molecule has 0 radical (unpaired) electrons.